The molecule has 0 aliphatic carbocycles. The minimum absolute atomic E-state index is 0.224. The van der Waals surface area contributed by atoms with E-state index in [1.165, 1.54) is 4.68 Å². The Morgan fingerprint density at radius 1 is 1.16 bits per heavy atom. The number of halogens is 3. The summed E-state index contributed by atoms with van der Waals surface area (Å²) in [5.74, 6) is -0.618. The van der Waals surface area contributed by atoms with E-state index in [0.717, 1.165) is 19.5 Å². The Kier molecular flexibility index (Phi) is 3.59. The lowest BCUT2D eigenvalue weighted by Crippen LogP contribution is -2.36. The van der Waals surface area contributed by atoms with Crippen LogP contribution in [0.1, 0.15) is 38.8 Å². The van der Waals surface area contributed by atoms with Gasteiger partial charge in [-0.05, 0) is 18.4 Å². The van der Waals surface area contributed by atoms with Gasteiger partial charge in [-0.1, -0.05) is 20.8 Å². The van der Waals surface area contributed by atoms with E-state index in [0.29, 0.717) is 18.9 Å². The van der Waals surface area contributed by atoms with E-state index in [-0.39, 0.29) is 5.41 Å². The molecule has 0 N–H and O–H groups in total. The van der Waals surface area contributed by atoms with Crippen molar-refractivity contribution in [2.75, 3.05) is 13.1 Å². The first kappa shape index (κ1) is 14.3. The van der Waals surface area contributed by atoms with Crippen LogP contribution >= 0.6 is 0 Å². The Morgan fingerprint density at radius 3 is 2.42 bits per heavy atom. The van der Waals surface area contributed by atoms with Gasteiger partial charge in [-0.25, -0.2) is 9.67 Å². The Balaban J connectivity index is 2.02. The zero-order valence-corrected chi connectivity index (χ0v) is 11.5. The predicted octanol–water partition coefficient (Wildman–Crippen LogP) is 2.55. The van der Waals surface area contributed by atoms with Crippen molar-refractivity contribution in [3.05, 3.63) is 11.6 Å². The summed E-state index contributed by atoms with van der Waals surface area (Å²) < 4.78 is 38.9. The lowest BCUT2D eigenvalue weighted by atomic mass is 9.92. The molecular formula is C12H19F3N4. The van der Waals surface area contributed by atoms with Gasteiger partial charge in [-0.2, -0.15) is 13.2 Å². The average molecular weight is 276 g/mol. The van der Waals surface area contributed by atoms with Crippen LogP contribution in [0.2, 0.25) is 0 Å². The average Bonchev–Trinajstić information content (AvgIpc) is 2.67. The summed E-state index contributed by atoms with van der Waals surface area (Å²) in [7, 11) is 0. The van der Waals surface area contributed by atoms with E-state index in [2.05, 4.69) is 35.8 Å². The number of rotatable bonds is 2. The Morgan fingerprint density at radius 2 is 1.84 bits per heavy atom. The van der Waals surface area contributed by atoms with Crippen molar-refractivity contribution in [2.24, 2.45) is 5.41 Å². The van der Waals surface area contributed by atoms with Gasteiger partial charge >= 0.3 is 6.18 Å². The molecule has 0 spiro atoms. The standard InChI is InChI=1S/C12H19F3N4/c1-11(2,3)4-5-18-6-7-19-9(8-18)16-10(17-19)12(13,14)15/h4-8H2,1-3H3. The van der Waals surface area contributed by atoms with Crippen LogP contribution < -0.4 is 0 Å². The van der Waals surface area contributed by atoms with Crippen LogP contribution in [0.5, 0.6) is 0 Å². The largest absolute Gasteiger partial charge is 0.453 e. The van der Waals surface area contributed by atoms with E-state index >= 15 is 0 Å². The quantitative estimate of drug-likeness (QED) is 0.832. The van der Waals surface area contributed by atoms with Gasteiger partial charge in [0, 0.05) is 6.54 Å². The molecule has 0 aromatic carbocycles. The molecular weight excluding hydrogens is 257 g/mol. The molecule has 0 radical (unpaired) electrons. The summed E-state index contributed by atoms with van der Waals surface area (Å²) in [5, 5.41) is 3.52. The first-order chi connectivity index (χ1) is 8.65. The molecule has 0 saturated heterocycles. The molecule has 1 aliphatic rings. The molecule has 0 bridgehead atoms. The number of alkyl halides is 3. The van der Waals surface area contributed by atoms with Gasteiger partial charge in [-0.3, -0.25) is 4.90 Å². The lowest BCUT2D eigenvalue weighted by Gasteiger charge is -2.29. The van der Waals surface area contributed by atoms with Crippen LogP contribution in [-0.4, -0.2) is 32.8 Å². The molecule has 0 saturated carbocycles. The summed E-state index contributed by atoms with van der Waals surface area (Å²) in [6.45, 7) is 8.98. The van der Waals surface area contributed by atoms with E-state index in [9.17, 15) is 13.2 Å². The highest BCUT2D eigenvalue weighted by molar-refractivity contribution is 4.99. The van der Waals surface area contributed by atoms with Gasteiger partial charge in [0.1, 0.15) is 5.82 Å². The summed E-state index contributed by atoms with van der Waals surface area (Å²) in [6, 6.07) is 0. The molecule has 0 atom stereocenters. The van der Waals surface area contributed by atoms with E-state index in [4.69, 9.17) is 0 Å². The Labute approximate surface area is 110 Å². The van der Waals surface area contributed by atoms with Crippen LogP contribution in [0.15, 0.2) is 0 Å². The smallest absolute Gasteiger partial charge is 0.294 e. The third-order valence-corrected chi connectivity index (χ3v) is 3.17. The molecule has 1 aromatic heterocycles. The Bertz CT molecular complexity index is 445. The molecule has 19 heavy (non-hydrogen) atoms. The van der Waals surface area contributed by atoms with Crippen molar-refractivity contribution in [3.63, 3.8) is 0 Å². The molecule has 2 rings (SSSR count). The van der Waals surface area contributed by atoms with Crippen molar-refractivity contribution >= 4 is 0 Å². The third kappa shape index (κ3) is 3.68. The SMILES string of the molecule is CC(C)(C)CCN1CCn2nc(C(F)(F)F)nc2C1. The molecule has 7 heteroatoms. The second-order valence-electron chi connectivity index (χ2n) is 6.16. The van der Waals surface area contributed by atoms with Crippen molar-refractivity contribution in [1.29, 1.82) is 0 Å². The van der Waals surface area contributed by atoms with E-state index < -0.39 is 12.0 Å². The minimum atomic E-state index is -4.46. The highest BCUT2D eigenvalue weighted by Crippen LogP contribution is 2.27. The van der Waals surface area contributed by atoms with Crippen molar-refractivity contribution in [3.8, 4) is 0 Å². The minimum Gasteiger partial charge on any atom is -0.294 e. The van der Waals surface area contributed by atoms with Gasteiger partial charge in [0.05, 0.1) is 13.1 Å². The topological polar surface area (TPSA) is 34.0 Å². The second-order valence-corrected chi connectivity index (χ2v) is 6.16. The lowest BCUT2D eigenvalue weighted by molar-refractivity contribution is -0.145. The predicted molar refractivity (Wildman–Crippen MR) is 64.4 cm³/mol. The monoisotopic (exact) mass is 276 g/mol. The van der Waals surface area contributed by atoms with Crippen molar-refractivity contribution < 1.29 is 13.2 Å². The zero-order chi connectivity index (χ0) is 14.3. The van der Waals surface area contributed by atoms with Crippen LogP contribution in [0.25, 0.3) is 0 Å². The number of nitrogens with zero attached hydrogens (tertiary/aromatic N) is 4. The Hall–Kier alpha value is -1.11. The maximum Gasteiger partial charge on any atom is 0.453 e. The number of hydrogen-bond donors (Lipinski definition) is 0. The van der Waals surface area contributed by atoms with Crippen LogP contribution in [0.4, 0.5) is 13.2 Å². The maximum atomic E-state index is 12.5. The molecule has 2 heterocycles. The van der Waals surface area contributed by atoms with Gasteiger partial charge in [-0.15, -0.1) is 5.10 Å². The van der Waals surface area contributed by atoms with Crippen LogP contribution in [-0.2, 0) is 19.3 Å². The van der Waals surface area contributed by atoms with Crippen LogP contribution in [0, 0.1) is 5.41 Å². The first-order valence-corrected chi connectivity index (χ1v) is 6.38. The molecule has 0 unspecified atom stereocenters. The molecule has 1 aromatic rings. The van der Waals surface area contributed by atoms with Gasteiger partial charge in [0.15, 0.2) is 0 Å². The summed E-state index contributed by atoms with van der Waals surface area (Å²) in [5.41, 5.74) is 0.224. The molecule has 0 amide bonds. The van der Waals surface area contributed by atoms with Gasteiger partial charge < -0.3 is 0 Å². The normalized spacial score (nSPS) is 17.6. The van der Waals surface area contributed by atoms with Crippen molar-refractivity contribution in [1.82, 2.24) is 19.7 Å². The fraction of sp³-hybridized carbons (Fsp3) is 0.833. The summed E-state index contributed by atoms with van der Waals surface area (Å²) in [6.07, 6.45) is -3.45. The summed E-state index contributed by atoms with van der Waals surface area (Å²) in [4.78, 5) is 5.74. The number of fused-ring (bicyclic) bond motifs is 1. The first-order valence-electron chi connectivity index (χ1n) is 6.38. The van der Waals surface area contributed by atoms with Crippen molar-refractivity contribution in [2.45, 2.75) is 46.5 Å². The highest BCUT2D eigenvalue weighted by Gasteiger charge is 2.37. The molecule has 4 nitrogen and oxygen atoms in total. The molecule has 1 aliphatic heterocycles. The fourth-order valence-electron chi connectivity index (χ4n) is 1.99. The fourth-order valence-corrected chi connectivity index (χ4v) is 1.99. The maximum absolute atomic E-state index is 12.5. The highest BCUT2D eigenvalue weighted by atomic mass is 19.4. The van der Waals surface area contributed by atoms with Gasteiger partial charge in [0.2, 0.25) is 0 Å². The molecule has 0 fully saturated rings. The second kappa shape index (κ2) is 4.77. The molecule has 108 valence electrons. The third-order valence-electron chi connectivity index (χ3n) is 3.17. The summed E-state index contributed by atoms with van der Waals surface area (Å²) >= 11 is 0. The zero-order valence-electron chi connectivity index (χ0n) is 11.5. The van der Waals surface area contributed by atoms with E-state index in [1.54, 1.807) is 0 Å². The number of hydrogen-bond acceptors (Lipinski definition) is 3. The van der Waals surface area contributed by atoms with Gasteiger partial charge in [0.25, 0.3) is 5.82 Å². The van der Waals surface area contributed by atoms with Crippen LogP contribution in [0.3, 0.4) is 0 Å². The van der Waals surface area contributed by atoms with E-state index in [1.807, 2.05) is 0 Å². The number of aromatic nitrogens is 3.